The van der Waals surface area contributed by atoms with Crippen molar-refractivity contribution in [1.82, 2.24) is 25.5 Å². The molecule has 1 unspecified atom stereocenters. The number of hydrogen-bond acceptors (Lipinski definition) is 11. The summed E-state index contributed by atoms with van der Waals surface area (Å²) in [5.74, 6) is -0.608. The summed E-state index contributed by atoms with van der Waals surface area (Å²) in [5, 5.41) is 10.4. The minimum Gasteiger partial charge on any atom is -0.497 e. The average Bonchev–Trinajstić information content (AvgIpc) is 3.50. The Labute approximate surface area is 325 Å². The summed E-state index contributed by atoms with van der Waals surface area (Å²) >= 11 is 1.45. The molecule has 3 amide bonds. The molecule has 55 heavy (non-hydrogen) atoms. The molecule has 0 bridgehead atoms. The van der Waals surface area contributed by atoms with Crippen molar-refractivity contribution in [3.05, 3.63) is 29.6 Å². The first kappa shape index (κ1) is 40.7. The highest BCUT2D eigenvalue weighted by atomic mass is 32.1. The van der Waals surface area contributed by atoms with E-state index in [2.05, 4.69) is 16.0 Å². The number of anilines is 1. The number of likely N-dealkylation sites (tertiary alicyclic amines) is 1. The number of nitrogens with one attached hydrogen (secondary N) is 3. The number of fused-ring (bicyclic) bond motifs is 1. The number of alkyl carbamates (subject to hydrolysis) is 1. The lowest BCUT2D eigenvalue weighted by molar-refractivity contribution is -0.142. The van der Waals surface area contributed by atoms with Crippen LogP contribution in [-0.4, -0.2) is 91.8 Å². The fraction of sp³-hybridized carbons (Fsp3) is 0.605. The van der Waals surface area contributed by atoms with Crippen LogP contribution in [0.2, 0.25) is 0 Å². The number of rotatable bonds is 13. The van der Waals surface area contributed by atoms with Crippen LogP contribution in [0.5, 0.6) is 11.5 Å². The van der Waals surface area contributed by atoms with E-state index in [1.54, 1.807) is 25.3 Å². The molecule has 2 aromatic heterocycles. The van der Waals surface area contributed by atoms with Crippen LogP contribution in [0.3, 0.4) is 0 Å². The van der Waals surface area contributed by atoms with Crippen LogP contribution >= 0.6 is 18.9 Å². The van der Waals surface area contributed by atoms with Gasteiger partial charge in [-0.2, -0.15) is 0 Å². The Hall–Kier alpha value is -3.98. The first-order chi connectivity index (χ1) is 25.9. The molecule has 300 valence electrons. The maximum atomic E-state index is 14.6. The predicted octanol–water partition coefficient (Wildman–Crippen LogP) is 6.04. The van der Waals surface area contributed by atoms with Crippen molar-refractivity contribution in [3.63, 3.8) is 0 Å². The molecule has 1 saturated heterocycles. The van der Waals surface area contributed by atoms with E-state index < -0.39 is 60.3 Å². The number of nitrogens with zero attached hydrogens (tertiary/aromatic N) is 3. The van der Waals surface area contributed by atoms with Crippen LogP contribution in [-0.2, 0) is 18.9 Å². The van der Waals surface area contributed by atoms with Crippen molar-refractivity contribution in [3.8, 4) is 22.9 Å². The summed E-state index contributed by atoms with van der Waals surface area (Å²) in [4.78, 5) is 73.6. The van der Waals surface area contributed by atoms with E-state index in [0.29, 0.717) is 40.2 Å². The number of thiazole rings is 1. The largest absolute Gasteiger partial charge is 0.497 e. The maximum Gasteiger partial charge on any atom is 0.408 e. The van der Waals surface area contributed by atoms with Crippen LogP contribution in [0.4, 0.5) is 9.93 Å². The standard InChI is InChI=1S/C38H53N6O9PS/c1-8-22-18-38(22,54(48,49)50)43-33(45)30-16-25(19-44(30)34(46)32(37(4,5)6)42-36(47)53-23-11-9-10-12-23)52-31-17-28(29-20-55-35(41-29)39-21(2)3)40-27-15-24(51-7)13-14-26(27)31/h13-15,17,20-23,25,30,32H,8-12,16,18-19H2,1-7H3,(H,39,41)(H,42,47)(H,43,45)(H2,48,49,50)/t22-,25-,30+,32?,38+/m1/s1. The lowest BCUT2D eigenvalue weighted by Gasteiger charge is -2.35. The van der Waals surface area contributed by atoms with Gasteiger partial charge in [-0.3, -0.25) is 14.2 Å². The molecule has 2 saturated carbocycles. The van der Waals surface area contributed by atoms with Crippen LogP contribution in [0, 0.1) is 11.3 Å². The Morgan fingerprint density at radius 2 is 1.82 bits per heavy atom. The number of amides is 3. The van der Waals surface area contributed by atoms with Crippen molar-refractivity contribution < 1.29 is 42.9 Å². The van der Waals surface area contributed by atoms with Crippen LogP contribution in [0.1, 0.15) is 86.5 Å². The number of ether oxygens (including phenoxy) is 3. The summed E-state index contributed by atoms with van der Waals surface area (Å²) in [6.07, 6.45) is 2.37. The van der Waals surface area contributed by atoms with E-state index in [0.717, 1.165) is 30.8 Å². The molecule has 1 aliphatic heterocycles. The van der Waals surface area contributed by atoms with Gasteiger partial charge in [-0.1, -0.05) is 34.1 Å². The maximum absolute atomic E-state index is 14.6. The van der Waals surface area contributed by atoms with Crippen LogP contribution in [0.15, 0.2) is 29.6 Å². The van der Waals surface area contributed by atoms with Gasteiger partial charge in [0.05, 0.1) is 24.9 Å². The molecule has 0 radical (unpaired) electrons. The van der Waals surface area contributed by atoms with Crippen LogP contribution in [0.25, 0.3) is 22.3 Å². The van der Waals surface area contributed by atoms with E-state index in [9.17, 15) is 28.7 Å². The molecule has 3 heterocycles. The second-order valence-electron chi connectivity index (χ2n) is 16.2. The van der Waals surface area contributed by atoms with E-state index in [1.165, 1.54) is 16.2 Å². The summed E-state index contributed by atoms with van der Waals surface area (Å²) < 4.78 is 30.5. The van der Waals surface area contributed by atoms with Gasteiger partial charge >= 0.3 is 13.7 Å². The number of benzene rings is 1. The molecule has 2 aliphatic carbocycles. The lowest BCUT2D eigenvalue weighted by atomic mass is 9.85. The number of carbonyl (C=O) groups is 3. The number of aromatic nitrogens is 2. The monoisotopic (exact) mass is 800 g/mol. The second kappa shape index (κ2) is 15.9. The Balaban J connectivity index is 1.33. The van der Waals surface area contributed by atoms with Gasteiger partial charge in [-0.15, -0.1) is 11.3 Å². The van der Waals surface area contributed by atoms with Gasteiger partial charge < -0.3 is 44.8 Å². The number of pyridine rings is 1. The highest BCUT2D eigenvalue weighted by molar-refractivity contribution is 7.54. The minimum atomic E-state index is -4.76. The predicted molar refractivity (Wildman–Crippen MR) is 209 cm³/mol. The van der Waals surface area contributed by atoms with Gasteiger partial charge in [0, 0.05) is 35.4 Å². The average molecular weight is 801 g/mol. The molecule has 6 rings (SSSR count). The fourth-order valence-electron chi connectivity index (χ4n) is 7.59. The third kappa shape index (κ3) is 8.87. The Kier molecular flexibility index (Phi) is 11.7. The molecule has 3 fully saturated rings. The molecule has 1 aromatic carbocycles. The Morgan fingerprint density at radius 1 is 1.09 bits per heavy atom. The van der Waals surface area contributed by atoms with Gasteiger partial charge in [-0.25, -0.2) is 14.8 Å². The third-order valence-electron chi connectivity index (χ3n) is 10.7. The van der Waals surface area contributed by atoms with E-state index in [1.807, 2.05) is 53.0 Å². The molecule has 17 heteroatoms. The molecular weight excluding hydrogens is 747 g/mol. The second-order valence-corrected chi connectivity index (χ2v) is 19.0. The SMILES string of the molecule is CC[C@@H]1C[C@]1(NC(=O)[C@@H]1C[C@@H](Oc2cc(-c3csc(NC(C)C)n3)nc3cc(OC)ccc23)CN1C(=O)C(NC(=O)OC1CCCC1)C(C)(C)C)P(=O)(O)O. The zero-order valence-corrected chi connectivity index (χ0v) is 34.2. The van der Waals surface area contributed by atoms with Crippen molar-refractivity contribution >= 4 is 52.9 Å². The normalized spacial score (nSPS) is 23.5. The van der Waals surface area contributed by atoms with Gasteiger partial charge in [0.15, 0.2) is 5.13 Å². The Bertz CT molecular complexity index is 1960. The zero-order valence-electron chi connectivity index (χ0n) is 32.5. The summed E-state index contributed by atoms with van der Waals surface area (Å²) in [7, 11) is -3.19. The summed E-state index contributed by atoms with van der Waals surface area (Å²) in [6, 6.07) is 5.11. The first-order valence-corrected chi connectivity index (χ1v) is 21.4. The van der Waals surface area contributed by atoms with Crippen molar-refractivity contribution in [2.45, 2.75) is 122 Å². The van der Waals surface area contributed by atoms with Gasteiger partial charge in [0.25, 0.3) is 0 Å². The number of carbonyl (C=O) groups excluding carboxylic acids is 3. The van der Waals surface area contributed by atoms with E-state index >= 15 is 0 Å². The molecule has 0 spiro atoms. The summed E-state index contributed by atoms with van der Waals surface area (Å²) in [6.45, 7) is 11.2. The minimum absolute atomic E-state index is 0.0173. The van der Waals surface area contributed by atoms with Crippen molar-refractivity contribution in [2.75, 3.05) is 19.0 Å². The van der Waals surface area contributed by atoms with Crippen LogP contribution < -0.4 is 25.4 Å². The fourth-order valence-corrected chi connectivity index (χ4v) is 9.82. The van der Waals surface area contributed by atoms with E-state index in [4.69, 9.17) is 24.2 Å². The Morgan fingerprint density at radius 3 is 2.44 bits per heavy atom. The van der Waals surface area contributed by atoms with Crippen molar-refractivity contribution in [1.29, 1.82) is 0 Å². The molecule has 5 N–H and O–H groups in total. The zero-order chi connectivity index (χ0) is 39.9. The quantitative estimate of drug-likeness (QED) is 0.126. The number of hydrogen-bond donors (Lipinski definition) is 5. The first-order valence-electron chi connectivity index (χ1n) is 19.0. The lowest BCUT2D eigenvalue weighted by Crippen LogP contribution is -2.58. The topological polar surface area (TPSA) is 202 Å². The molecular formula is C38H53N6O9PS. The molecule has 15 nitrogen and oxygen atoms in total. The van der Waals surface area contributed by atoms with Gasteiger partial charge in [-0.05, 0) is 69.4 Å². The van der Waals surface area contributed by atoms with Crippen molar-refractivity contribution in [2.24, 2.45) is 11.3 Å². The van der Waals surface area contributed by atoms with E-state index in [-0.39, 0.29) is 31.5 Å². The third-order valence-corrected chi connectivity index (χ3v) is 13.1. The highest BCUT2D eigenvalue weighted by Gasteiger charge is 2.66. The molecule has 3 aliphatic rings. The highest BCUT2D eigenvalue weighted by Crippen LogP contribution is 2.67. The summed E-state index contributed by atoms with van der Waals surface area (Å²) in [5.41, 5.74) is 0.961. The number of methoxy groups -OCH3 is 1. The smallest absolute Gasteiger partial charge is 0.408 e. The molecule has 5 atom stereocenters. The van der Waals surface area contributed by atoms with Gasteiger partial charge in [0.1, 0.15) is 46.8 Å². The van der Waals surface area contributed by atoms with Gasteiger partial charge in [0.2, 0.25) is 11.8 Å². The molecule has 3 aromatic rings.